The van der Waals surface area contributed by atoms with Crippen LogP contribution in [-0.4, -0.2) is 56.9 Å². The Morgan fingerprint density at radius 3 is 2.48 bits per heavy atom. The van der Waals surface area contributed by atoms with Crippen molar-refractivity contribution in [2.45, 2.75) is 26.7 Å². The van der Waals surface area contributed by atoms with Crippen molar-refractivity contribution < 1.29 is 14.0 Å². The number of rotatable bonds is 8. The Balaban J connectivity index is 1.80. The number of hydrogen-bond acceptors (Lipinski definition) is 5. The molecule has 1 N–H and O–H groups in total. The fraction of sp³-hybridized carbons (Fsp3) is 0.500. The summed E-state index contributed by atoms with van der Waals surface area (Å²) in [6.07, 6.45) is 0. The molecule has 0 aliphatic heterocycles. The van der Waals surface area contributed by atoms with Crippen molar-refractivity contribution in [3.05, 3.63) is 41.3 Å². The van der Waals surface area contributed by atoms with Crippen LogP contribution in [0.25, 0.3) is 0 Å². The van der Waals surface area contributed by atoms with Crippen LogP contribution in [0.1, 0.15) is 29.9 Å². The normalized spacial score (nSPS) is 12.6. The van der Waals surface area contributed by atoms with Gasteiger partial charge in [0.15, 0.2) is 5.96 Å². The largest absolute Gasteiger partial charge is 0.497 e. The zero-order valence-electron chi connectivity index (χ0n) is 17.1. The van der Waals surface area contributed by atoms with E-state index in [4.69, 9.17) is 14.0 Å². The minimum atomic E-state index is 0.275. The molecular formula is C20H30N4O3. The lowest BCUT2D eigenvalue weighted by Crippen LogP contribution is -2.42. The van der Waals surface area contributed by atoms with Gasteiger partial charge in [0, 0.05) is 32.1 Å². The minimum Gasteiger partial charge on any atom is -0.497 e. The Morgan fingerprint density at radius 1 is 1.26 bits per heavy atom. The lowest BCUT2D eigenvalue weighted by molar-refractivity contribution is 0.281. The molecule has 0 spiro atoms. The fourth-order valence-electron chi connectivity index (χ4n) is 3.00. The molecule has 7 nitrogen and oxygen atoms in total. The summed E-state index contributed by atoms with van der Waals surface area (Å²) in [5.41, 5.74) is 2.10. The number of aliphatic imine (C=N–C) groups is 1. The molecule has 7 heteroatoms. The van der Waals surface area contributed by atoms with E-state index in [0.717, 1.165) is 41.0 Å². The topological polar surface area (TPSA) is 72.1 Å². The number of benzene rings is 1. The standard InChI is InChI=1S/C20H30N4O3/c1-14(19-15(2)23-27-16(19)3)13-22-20(21-4)24(5)11-12-26-18-9-7-17(25-6)8-10-18/h7-10,14H,11-13H2,1-6H3,(H,21,22). The van der Waals surface area contributed by atoms with Gasteiger partial charge in [0.05, 0.1) is 19.3 Å². The van der Waals surface area contributed by atoms with E-state index in [1.54, 1.807) is 14.2 Å². The predicted octanol–water partition coefficient (Wildman–Crippen LogP) is 2.99. The zero-order chi connectivity index (χ0) is 19.8. The molecule has 0 aliphatic rings. The Morgan fingerprint density at radius 2 is 1.93 bits per heavy atom. The summed E-state index contributed by atoms with van der Waals surface area (Å²) in [7, 11) is 5.42. The fourth-order valence-corrected chi connectivity index (χ4v) is 3.00. The third-order valence-corrected chi connectivity index (χ3v) is 4.48. The first-order chi connectivity index (χ1) is 13.0. The van der Waals surface area contributed by atoms with Crippen LogP contribution in [0.2, 0.25) is 0 Å². The molecule has 1 aromatic heterocycles. The SMILES string of the molecule is CN=C(NCC(C)c1c(C)noc1C)N(C)CCOc1ccc(OC)cc1. The van der Waals surface area contributed by atoms with Crippen LogP contribution in [0.4, 0.5) is 0 Å². The lowest BCUT2D eigenvalue weighted by atomic mass is 10.00. The second-order valence-electron chi connectivity index (χ2n) is 6.51. The number of methoxy groups -OCH3 is 1. The highest BCUT2D eigenvalue weighted by Crippen LogP contribution is 2.22. The van der Waals surface area contributed by atoms with Crippen LogP contribution in [0.3, 0.4) is 0 Å². The van der Waals surface area contributed by atoms with E-state index in [9.17, 15) is 0 Å². The smallest absolute Gasteiger partial charge is 0.193 e. The summed E-state index contributed by atoms with van der Waals surface area (Å²) in [5.74, 6) is 3.61. The first kappa shape index (κ1) is 20.6. The Hall–Kier alpha value is -2.70. The molecule has 27 heavy (non-hydrogen) atoms. The van der Waals surface area contributed by atoms with E-state index < -0.39 is 0 Å². The first-order valence-electron chi connectivity index (χ1n) is 9.07. The van der Waals surface area contributed by atoms with Gasteiger partial charge in [-0.25, -0.2) is 0 Å². The van der Waals surface area contributed by atoms with Gasteiger partial charge < -0.3 is 24.2 Å². The molecular weight excluding hydrogens is 344 g/mol. The average molecular weight is 374 g/mol. The predicted molar refractivity (Wildman–Crippen MR) is 107 cm³/mol. The number of likely N-dealkylation sites (N-methyl/N-ethyl adjacent to an activating group) is 1. The highest BCUT2D eigenvalue weighted by Gasteiger charge is 2.17. The average Bonchev–Trinajstić information content (AvgIpc) is 3.01. The van der Waals surface area contributed by atoms with Gasteiger partial charge in [0.25, 0.3) is 0 Å². The van der Waals surface area contributed by atoms with Crippen LogP contribution < -0.4 is 14.8 Å². The Kier molecular flexibility index (Phi) is 7.52. The van der Waals surface area contributed by atoms with Gasteiger partial charge in [0.2, 0.25) is 0 Å². The quantitative estimate of drug-likeness (QED) is 0.566. The van der Waals surface area contributed by atoms with Crippen molar-refractivity contribution in [1.82, 2.24) is 15.4 Å². The number of ether oxygens (including phenoxy) is 2. The number of nitrogens with one attached hydrogen (secondary N) is 1. The molecule has 2 aromatic rings. The van der Waals surface area contributed by atoms with E-state index in [2.05, 4.69) is 22.4 Å². The number of nitrogens with zero attached hydrogens (tertiary/aromatic N) is 3. The second kappa shape index (κ2) is 9.85. The Labute approximate surface area is 161 Å². The van der Waals surface area contributed by atoms with Crippen molar-refractivity contribution in [3.8, 4) is 11.5 Å². The summed E-state index contributed by atoms with van der Waals surface area (Å²) in [4.78, 5) is 6.40. The molecule has 0 aliphatic carbocycles. The second-order valence-corrected chi connectivity index (χ2v) is 6.51. The van der Waals surface area contributed by atoms with Gasteiger partial charge in [-0.05, 0) is 38.1 Å². The molecule has 1 aromatic carbocycles. The molecule has 0 amide bonds. The highest BCUT2D eigenvalue weighted by atomic mass is 16.5. The highest BCUT2D eigenvalue weighted by molar-refractivity contribution is 5.79. The first-order valence-corrected chi connectivity index (χ1v) is 9.07. The van der Waals surface area contributed by atoms with Crippen LogP contribution in [0.15, 0.2) is 33.8 Å². The third kappa shape index (κ3) is 5.64. The molecule has 0 radical (unpaired) electrons. The van der Waals surface area contributed by atoms with Crippen molar-refractivity contribution in [2.75, 3.05) is 40.9 Å². The number of aryl methyl sites for hydroxylation is 2. The number of guanidine groups is 1. The van der Waals surface area contributed by atoms with Crippen LogP contribution in [-0.2, 0) is 0 Å². The zero-order valence-corrected chi connectivity index (χ0v) is 17.1. The van der Waals surface area contributed by atoms with Crippen molar-refractivity contribution in [2.24, 2.45) is 4.99 Å². The van der Waals surface area contributed by atoms with Crippen molar-refractivity contribution in [1.29, 1.82) is 0 Å². The van der Waals surface area contributed by atoms with E-state index >= 15 is 0 Å². The molecule has 0 saturated carbocycles. The van der Waals surface area contributed by atoms with Crippen LogP contribution in [0, 0.1) is 13.8 Å². The summed E-state index contributed by atoms with van der Waals surface area (Å²) in [6.45, 7) is 8.09. The maximum Gasteiger partial charge on any atom is 0.193 e. The molecule has 0 fully saturated rings. The van der Waals surface area contributed by atoms with E-state index in [1.165, 1.54) is 0 Å². The van der Waals surface area contributed by atoms with Crippen molar-refractivity contribution in [3.63, 3.8) is 0 Å². The maximum atomic E-state index is 5.79. The molecule has 1 heterocycles. The summed E-state index contributed by atoms with van der Waals surface area (Å²) in [6, 6.07) is 7.57. The lowest BCUT2D eigenvalue weighted by Gasteiger charge is -2.23. The summed E-state index contributed by atoms with van der Waals surface area (Å²) >= 11 is 0. The maximum absolute atomic E-state index is 5.79. The number of aromatic nitrogens is 1. The molecule has 2 rings (SSSR count). The van der Waals surface area contributed by atoms with Gasteiger partial charge in [-0.1, -0.05) is 12.1 Å². The summed E-state index contributed by atoms with van der Waals surface area (Å²) < 4.78 is 16.2. The van der Waals surface area contributed by atoms with E-state index in [1.807, 2.05) is 50.1 Å². The van der Waals surface area contributed by atoms with Gasteiger partial charge in [-0.3, -0.25) is 4.99 Å². The summed E-state index contributed by atoms with van der Waals surface area (Å²) in [5, 5.41) is 7.44. The van der Waals surface area contributed by atoms with Crippen LogP contribution in [0.5, 0.6) is 11.5 Å². The van der Waals surface area contributed by atoms with E-state index in [0.29, 0.717) is 13.2 Å². The molecule has 0 bridgehead atoms. The van der Waals surface area contributed by atoms with Crippen LogP contribution >= 0.6 is 0 Å². The van der Waals surface area contributed by atoms with Gasteiger partial charge in [-0.15, -0.1) is 0 Å². The molecule has 148 valence electrons. The molecule has 1 unspecified atom stereocenters. The molecule has 1 atom stereocenters. The minimum absolute atomic E-state index is 0.275. The molecule has 0 saturated heterocycles. The van der Waals surface area contributed by atoms with Gasteiger partial charge in [0.1, 0.15) is 23.9 Å². The Bertz CT molecular complexity index is 721. The monoisotopic (exact) mass is 374 g/mol. The number of hydrogen-bond donors (Lipinski definition) is 1. The third-order valence-electron chi connectivity index (χ3n) is 4.48. The van der Waals surface area contributed by atoms with Gasteiger partial charge >= 0.3 is 0 Å². The van der Waals surface area contributed by atoms with E-state index in [-0.39, 0.29) is 5.92 Å². The van der Waals surface area contributed by atoms with Crippen molar-refractivity contribution >= 4 is 5.96 Å². The van der Waals surface area contributed by atoms with Gasteiger partial charge in [-0.2, -0.15) is 0 Å².